The molecule has 5 heteroatoms. The van der Waals surface area contributed by atoms with Gasteiger partial charge in [0.25, 0.3) is 0 Å². The molecule has 1 heterocycles. The topological polar surface area (TPSA) is 40.6 Å². The van der Waals surface area contributed by atoms with Crippen molar-refractivity contribution in [2.75, 3.05) is 26.7 Å². The van der Waals surface area contributed by atoms with E-state index < -0.39 is 0 Å². The molecule has 1 aromatic rings. The summed E-state index contributed by atoms with van der Waals surface area (Å²) < 4.78 is 0. The highest BCUT2D eigenvalue weighted by Gasteiger charge is 2.16. The Morgan fingerprint density at radius 3 is 2.42 bits per heavy atom. The van der Waals surface area contributed by atoms with Crippen molar-refractivity contribution in [3.63, 3.8) is 0 Å². The van der Waals surface area contributed by atoms with Gasteiger partial charge in [0.1, 0.15) is 0 Å². The van der Waals surface area contributed by atoms with Gasteiger partial charge in [-0.3, -0.25) is 9.59 Å². The first-order chi connectivity index (χ1) is 9.08. The van der Waals surface area contributed by atoms with Gasteiger partial charge in [-0.1, -0.05) is 6.07 Å². The molecule has 0 aliphatic carbocycles. The zero-order valence-electron chi connectivity index (χ0n) is 11.9. The van der Waals surface area contributed by atoms with E-state index in [9.17, 15) is 9.59 Å². The van der Waals surface area contributed by atoms with Crippen LogP contribution in [-0.4, -0.2) is 48.3 Å². The standard InChI is InChI=1S/C14H22N2O2S/c1-4-16(5-2)14(18)11-15(3)13(17)9-8-12-7-6-10-19-12/h6-7,10H,4-5,8-9,11H2,1-3H3. The van der Waals surface area contributed by atoms with Crippen LogP contribution in [0.2, 0.25) is 0 Å². The summed E-state index contributed by atoms with van der Waals surface area (Å²) in [7, 11) is 1.69. The van der Waals surface area contributed by atoms with Crippen LogP contribution in [0.25, 0.3) is 0 Å². The maximum absolute atomic E-state index is 11.9. The minimum Gasteiger partial charge on any atom is -0.342 e. The molecule has 2 amide bonds. The molecule has 0 saturated carbocycles. The van der Waals surface area contributed by atoms with E-state index in [1.807, 2.05) is 31.4 Å². The number of hydrogen-bond donors (Lipinski definition) is 0. The lowest BCUT2D eigenvalue weighted by Gasteiger charge is -2.23. The molecule has 0 N–H and O–H groups in total. The Morgan fingerprint density at radius 1 is 1.21 bits per heavy atom. The van der Waals surface area contributed by atoms with Crippen LogP contribution in [0.3, 0.4) is 0 Å². The van der Waals surface area contributed by atoms with Crippen molar-refractivity contribution in [1.29, 1.82) is 0 Å². The van der Waals surface area contributed by atoms with E-state index in [1.54, 1.807) is 23.3 Å². The molecule has 0 aliphatic heterocycles. The molecule has 0 aromatic carbocycles. The van der Waals surface area contributed by atoms with Crippen molar-refractivity contribution in [1.82, 2.24) is 9.80 Å². The Bertz CT molecular complexity index is 400. The predicted molar refractivity (Wildman–Crippen MR) is 78.2 cm³/mol. The first kappa shape index (κ1) is 15.7. The van der Waals surface area contributed by atoms with Crippen LogP contribution in [0.4, 0.5) is 0 Å². The normalized spacial score (nSPS) is 10.3. The average molecular weight is 282 g/mol. The fourth-order valence-electron chi connectivity index (χ4n) is 1.84. The number of amides is 2. The van der Waals surface area contributed by atoms with E-state index in [-0.39, 0.29) is 18.4 Å². The van der Waals surface area contributed by atoms with Gasteiger partial charge in [-0.25, -0.2) is 0 Å². The first-order valence-corrected chi connectivity index (χ1v) is 7.50. The Morgan fingerprint density at radius 2 is 1.89 bits per heavy atom. The van der Waals surface area contributed by atoms with E-state index in [0.717, 1.165) is 6.42 Å². The van der Waals surface area contributed by atoms with Crippen LogP contribution in [0.15, 0.2) is 17.5 Å². The number of rotatable bonds is 7. The monoisotopic (exact) mass is 282 g/mol. The molecule has 0 fully saturated rings. The largest absolute Gasteiger partial charge is 0.342 e. The minimum absolute atomic E-state index is 0.0111. The van der Waals surface area contributed by atoms with E-state index >= 15 is 0 Å². The van der Waals surface area contributed by atoms with Gasteiger partial charge in [-0.05, 0) is 31.7 Å². The highest BCUT2D eigenvalue weighted by atomic mass is 32.1. The molecule has 0 aliphatic rings. The van der Waals surface area contributed by atoms with E-state index in [0.29, 0.717) is 19.5 Å². The molecule has 0 saturated heterocycles. The summed E-state index contributed by atoms with van der Waals surface area (Å²) in [4.78, 5) is 28.3. The van der Waals surface area contributed by atoms with E-state index in [1.165, 1.54) is 9.78 Å². The Balaban J connectivity index is 2.37. The lowest BCUT2D eigenvalue weighted by molar-refractivity contribution is -0.139. The number of thiophene rings is 1. The first-order valence-electron chi connectivity index (χ1n) is 6.62. The fourth-order valence-corrected chi connectivity index (χ4v) is 2.55. The molecule has 0 atom stereocenters. The van der Waals surface area contributed by atoms with Gasteiger partial charge in [-0.15, -0.1) is 11.3 Å². The molecule has 0 bridgehead atoms. The lowest BCUT2D eigenvalue weighted by Crippen LogP contribution is -2.41. The van der Waals surface area contributed by atoms with Gasteiger partial charge in [0, 0.05) is 31.4 Å². The molecule has 0 radical (unpaired) electrons. The lowest BCUT2D eigenvalue weighted by atomic mass is 10.2. The summed E-state index contributed by atoms with van der Waals surface area (Å²) in [6, 6.07) is 4.01. The Labute approximate surface area is 119 Å². The quantitative estimate of drug-likeness (QED) is 0.767. The smallest absolute Gasteiger partial charge is 0.242 e. The predicted octanol–water partition coefficient (Wildman–Crippen LogP) is 2.01. The third-order valence-corrected chi connectivity index (χ3v) is 4.02. The van der Waals surface area contributed by atoms with Gasteiger partial charge in [0.2, 0.25) is 11.8 Å². The van der Waals surface area contributed by atoms with Gasteiger partial charge in [0.05, 0.1) is 6.54 Å². The number of hydrogen-bond acceptors (Lipinski definition) is 3. The van der Waals surface area contributed by atoms with Gasteiger partial charge in [-0.2, -0.15) is 0 Å². The average Bonchev–Trinajstić information content (AvgIpc) is 2.90. The fraction of sp³-hybridized carbons (Fsp3) is 0.571. The van der Waals surface area contributed by atoms with Crippen LogP contribution in [0, 0.1) is 0 Å². The highest BCUT2D eigenvalue weighted by Crippen LogP contribution is 2.11. The zero-order valence-corrected chi connectivity index (χ0v) is 12.7. The number of aryl methyl sites for hydroxylation is 1. The molecule has 1 aromatic heterocycles. The number of nitrogens with zero attached hydrogens (tertiary/aromatic N) is 2. The zero-order chi connectivity index (χ0) is 14.3. The third kappa shape index (κ3) is 5.03. The van der Waals surface area contributed by atoms with E-state index in [4.69, 9.17) is 0 Å². The summed E-state index contributed by atoms with van der Waals surface area (Å²) in [5.74, 6) is 0.0332. The molecule has 0 spiro atoms. The summed E-state index contributed by atoms with van der Waals surface area (Å²) in [5, 5.41) is 2.01. The van der Waals surface area contributed by atoms with Gasteiger partial charge >= 0.3 is 0 Å². The van der Waals surface area contributed by atoms with Crippen molar-refractivity contribution >= 4 is 23.2 Å². The molecule has 19 heavy (non-hydrogen) atoms. The second-order valence-corrected chi connectivity index (χ2v) is 5.43. The van der Waals surface area contributed by atoms with Crippen molar-refractivity contribution in [2.45, 2.75) is 26.7 Å². The maximum Gasteiger partial charge on any atom is 0.242 e. The van der Waals surface area contributed by atoms with Crippen molar-refractivity contribution < 1.29 is 9.59 Å². The van der Waals surface area contributed by atoms with Crippen LogP contribution in [-0.2, 0) is 16.0 Å². The highest BCUT2D eigenvalue weighted by molar-refractivity contribution is 7.09. The van der Waals surface area contributed by atoms with Crippen LogP contribution in [0.1, 0.15) is 25.1 Å². The molecular weight excluding hydrogens is 260 g/mol. The molecule has 0 unspecified atom stereocenters. The SMILES string of the molecule is CCN(CC)C(=O)CN(C)C(=O)CCc1cccs1. The summed E-state index contributed by atoms with van der Waals surface area (Å²) in [6.45, 7) is 5.43. The second kappa shape index (κ2) is 7.94. The number of likely N-dealkylation sites (N-methyl/N-ethyl adjacent to an activating group) is 2. The van der Waals surface area contributed by atoms with Crippen molar-refractivity contribution in [3.8, 4) is 0 Å². The Kier molecular flexibility index (Phi) is 6.56. The maximum atomic E-state index is 11.9. The van der Waals surface area contributed by atoms with Crippen LogP contribution in [0.5, 0.6) is 0 Å². The van der Waals surface area contributed by atoms with Gasteiger partial charge < -0.3 is 9.80 Å². The second-order valence-electron chi connectivity index (χ2n) is 4.40. The molecular formula is C14H22N2O2S. The summed E-state index contributed by atoms with van der Waals surface area (Å²) in [5.41, 5.74) is 0. The Hall–Kier alpha value is -1.36. The van der Waals surface area contributed by atoms with Crippen LogP contribution >= 0.6 is 11.3 Å². The summed E-state index contributed by atoms with van der Waals surface area (Å²) in [6.07, 6.45) is 1.21. The molecule has 4 nitrogen and oxygen atoms in total. The number of carbonyl (C=O) groups excluding carboxylic acids is 2. The number of carbonyl (C=O) groups is 2. The van der Waals surface area contributed by atoms with Gasteiger partial charge in [0.15, 0.2) is 0 Å². The molecule has 1 rings (SSSR count). The third-order valence-electron chi connectivity index (χ3n) is 3.08. The van der Waals surface area contributed by atoms with E-state index in [2.05, 4.69) is 0 Å². The van der Waals surface area contributed by atoms with Crippen molar-refractivity contribution in [3.05, 3.63) is 22.4 Å². The molecule has 106 valence electrons. The van der Waals surface area contributed by atoms with Crippen molar-refractivity contribution in [2.24, 2.45) is 0 Å². The minimum atomic E-state index is 0.0111. The summed E-state index contributed by atoms with van der Waals surface area (Å²) >= 11 is 1.66. The van der Waals surface area contributed by atoms with Crippen LogP contribution < -0.4 is 0 Å².